The molecule has 2 N–H and O–H groups in total. The van der Waals surface area contributed by atoms with Gasteiger partial charge in [-0.3, -0.25) is 9.69 Å². The average molecular weight is 279 g/mol. The molecule has 0 aliphatic carbocycles. The van der Waals surface area contributed by atoms with Gasteiger partial charge in [-0.15, -0.1) is 0 Å². The Morgan fingerprint density at radius 1 is 1.45 bits per heavy atom. The number of hydrogen-bond acceptors (Lipinski definition) is 5. The third kappa shape index (κ3) is 4.55. The molecule has 6 nitrogen and oxygen atoms in total. The molecule has 1 aromatic rings. The first kappa shape index (κ1) is 16.0. The van der Waals surface area contributed by atoms with Crippen LogP contribution in [0.5, 0.6) is 11.5 Å². The summed E-state index contributed by atoms with van der Waals surface area (Å²) in [6, 6.07) is 5.06. The van der Waals surface area contributed by atoms with Crippen molar-refractivity contribution in [2.24, 2.45) is 5.10 Å². The van der Waals surface area contributed by atoms with Crippen LogP contribution in [0.2, 0.25) is 0 Å². The number of hydrazone groups is 1. The van der Waals surface area contributed by atoms with E-state index in [0.29, 0.717) is 17.9 Å². The van der Waals surface area contributed by atoms with E-state index in [1.54, 1.807) is 18.2 Å². The Bertz CT molecular complexity index is 471. The van der Waals surface area contributed by atoms with E-state index in [1.165, 1.54) is 13.3 Å². The molecular formula is C14H21N3O3. The van der Waals surface area contributed by atoms with Crippen molar-refractivity contribution in [1.29, 1.82) is 0 Å². The maximum atomic E-state index is 11.6. The number of para-hydroxylation sites is 1. The summed E-state index contributed by atoms with van der Waals surface area (Å²) in [7, 11) is 1.47. The van der Waals surface area contributed by atoms with Gasteiger partial charge >= 0.3 is 0 Å². The number of ether oxygens (including phenoxy) is 1. The van der Waals surface area contributed by atoms with E-state index in [1.807, 2.05) is 18.7 Å². The van der Waals surface area contributed by atoms with Crippen molar-refractivity contribution in [3.63, 3.8) is 0 Å². The number of nitrogens with zero attached hydrogens (tertiary/aromatic N) is 2. The largest absolute Gasteiger partial charge is 0.504 e. The molecule has 0 aliphatic rings. The maximum absolute atomic E-state index is 11.6. The number of phenolic OH excluding ortho intramolecular Hbond substituents is 1. The Morgan fingerprint density at radius 2 is 2.15 bits per heavy atom. The van der Waals surface area contributed by atoms with Crippen LogP contribution in [-0.4, -0.2) is 48.9 Å². The van der Waals surface area contributed by atoms with Crippen molar-refractivity contribution < 1.29 is 14.6 Å². The number of hydrogen-bond donors (Lipinski definition) is 2. The van der Waals surface area contributed by atoms with Gasteiger partial charge in [0.05, 0.1) is 19.9 Å². The minimum atomic E-state index is -0.188. The van der Waals surface area contributed by atoms with Gasteiger partial charge in [0.1, 0.15) is 0 Å². The summed E-state index contributed by atoms with van der Waals surface area (Å²) < 4.78 is 4.99. The van der Waals surface area contributed by atoms with Crippen LogP contribution in [0, 0.1) is 0 Å². The highest BCUT2D eigenvalue weighted by molar-refractivity contribution is 5.86. The summed E-state index contributed by atoms with van der Waals surface area (Å²) in [6.07, 6.45) is 1.39. The van der Waals surface area contributed by atoms with Crippen LogP contribution in [0.3, 0.4) is 0 Å². The first-order valence-corrected chi connectivity index (χ1v) is 6.52. The number of phenols is 1. The van der Waals surface area contributed by atoms with Gasteiger partial charge in [0.25, 0.3) is 5.91 Å². The molecule has 0 radical (unpaired) electrons. The standard InChI is InChI=1S/C14H21N3O3/c1-4-17(5-2)10-13(18)16-15-9-11-7-6-8-12(20-3)14(11)19/h6-9,19H,4-5,10H2,1-3H3,(H,16,18)/b15-9-. The zero-order valence-corrected chi connectivity index (χ0v) is 12.1. The van der Waals surface area contributed by atoms with E-state index in [-0.39, 0.29) is 11.7 Å². The lowest BCUT2D eigenvalue weighted by atomic mass is 10.2. The summed E-state index contributed by atoms with van der Waals surface area (Å²) in [5.74, 6) is 0.174. The quantitative estimate of drug-likeness (QED) is 0.581. The predicted molar refractivity (Wildman–Crippen MR) is 78.2 cm³/mol. The molecule has 0 atom stereocenters. The molecule has 0 heterocycles. The van der Waals surface area contributed by atoms with Crippen molar-refractivity contribution in [2.45, 2.75) is 13.8 Å². The van der Waals surface area contributed by atoms with Gasteiger partial charge < -0.3 is 9.84 Å². The van der Waals surface area contributed by atoms with Gasteiger partial charge in [0.15, 0.2) is 11.5 Å². The topological polar surface area (TPSA) is 74.2 Å². The van der Waals surface area contributed by atoms with Crippen LogP contribution in [0.4, 0.5) is 0 Å². The van der Waals surface area contributed by atoms with Gasteiger partial charge in [0, 0.05) is 5.56 Å². The van der Waals surface area contributed by atoms with Crippen molar-refractivity contribution in [1.82, 2.24) is 10.3 Å². The van der Waals surface area contributed by atoms with E-state index in [9.17, 15) is 9.90 Å². The molecule has 0 saturated heterocycles. The number of likely N-dealkylation sites (N-methyl/N-ethyl adjacent to an activating group) is 1. The Morgan fingerprint density at radius 3 is 2.75 bits per heavy atom. The van der Waals surface area contributed by atoms with Gasteiger partial charge in [-0.1, -0.05) is 19.9 Å². The molecular weight excluding hydrogens is 258 g/mol. The first-order chi connectivity index (χ1) is 9.62. The van der Waals surface area contributed by atoms with Crippen LogP contribution in [0.1, 0.15) is 19.4 Å². The number of nitrogens with one attached hydrogen (secondary N) is 1. The van der Waals surface area contributed by atoms with Gasteiger partial charge in [-0.2, -0.15) is 5.10 Å². The van der Waals surface area contributed by atoms with Crippen LogP contribution in [0.15, 0.2) is 23.3 Å². The molecule has 20 heavy (non-hydrogen) atoms. The number of rotatable bonds is 7. The average Bonchev–Trinajstić information content (AvgIpc) is 2.46. The number of benzene rings is 1. The number of aromatic hydroxyl groups is 1. The third-order valence-electron chi connectivity index (χ3n) is 2.90. The molecule has 0 spiro atoms. The molecule has 110 valence electrons. The number of methoxy groups -OCH3 is 1. The summed E-state index contributed by atoms with van der Waals surface area (Å²) in [5.41, 5.74) is 2.91. The highest BCUT2D eigenvalue weighted by atomic mass is 16.5. The fourth-order valence-electron chi connectivity index (χ4n) is 1.67. The molecule has 1 rings (SSSR count). The molecule has 0 unspecified atom stereocenters. The predicted octanol–water partition coefficient (Wildman–Crippen LogP) is 1.19. The van der Waals surface area contributed by atoms with Crippen LogP contribution in [-0.2, 0) is 4.79 Å². The van der Waals surface area contributed by atoms with Crippen LogP contribution >= 0.6 is 0 Å². The number of amides is 1. The van der Waals surface area contributed by atoms with Crippen molar-refractivity contribution >= 4 is 12.1 Å². The molecule has 0 fully saturated rings. The summed E-state index contributed by atoms with van der Waals surface area (Å²) >= 11 is 0. The normalized spacial score (nSPS) is 11.0. The van der Waals surface area contributed by atoms with E-state index in [2.05, 4.69) is 10.5 Å². The number of carbonyl (C=O) groups excluding carboxylic acids is 1. The molecule has 0 aliphatic heterocycles. The highest BCUT2D eigenvalue weighted by Gasteiger charge is 2.07. The fraction of sp³-hybridized carbons (Fsp3) is 0.429. The van der Waals surface area contributed by atoms with Crippen molar-refractivity contribution in [3.05, 3.63) is 23.8 Å². The smallest absolute Gasteiger partial charge is 0.254 e. The monoisotopic (exact) mass is 279 g/mol. The summed E-state index contributed by atoms with van der Waals surface area (Å²) in [5, 5.41) is 13.7. The second-order valence-corrected chi connectivity index (χ2v) is 4.15. The van der Waals surface area contributed by atoms with Gasteiger partial charge in [0.2, 0.25) is 0 Å². The molecule has 0 aromatic heterocycles. The van der Waals surface area contributed by atoms with E-state index in [0.717, 1.165) is 13.1 Å². The first-order valence-electron chi connectivity index (χ1n) is 6.52. The van der Waals surface area contributed by atoms with E-state index >= 15 is 0 Å². The van der Waals surface area contributed by atoms with E-state index in [4.69, 9.17) is 4.74 Å². The Kier molecular flexibility index (Phi) is 6.52. The lowest BCUT2D eigenvalue weighted by Crippen LogP contribution is -2.35. The summed E-state index contributed by atoms with van der Waals surface area (Å²) in [6.45, 7) is 5.91. The Balaban J connectivity index is 2.59. The number of carbonyl (C=O) groups is 1. The molecule has 0 saturated carbocycles. The molecule has 1 amide bonds. The lowest BCUT2D eigenvalue weighted by Gasteiger charge is -2.15. The molecule has 6 heteroatoms. The zero-order chi connectivity index (χ0) is 15.0. The fourth-order valence-corrected chi connectivity index (χ4v) is 1.67. The lowest BCUT2D eigenvalue weighted by molar-refractivity contribution is -0.122. The third-order valence-corrected chi connectivity index (χ3v) is 2.90. The Hall–Kier alpha value is -2.08. The SMILES string of the molecule is CCN(CC)CC(=O)N/N=C\c1cccc(OC)c1O. The van der Waals surface area contributed by atoms with E-state index < -0.39 is 0 Å². The van der Waals surface area contributed by atoms with Crippen molar-refractivity contribution in [2.75, 3.05) is 26.7 Å². The van der Waals surface area contributed by atoms with Crippen molar-refractivity contribution in [3.8, 4) is 11.5 Å². The summed E-state index contributed by atoms with van der Waals surface area (Å²) in [4.78, 5) is 13.6. The van der Waals surface area contributed by atoms with Gasteiger partial charge in [-0.25, -0.2) is 5.43 Å². The van der Waals surface area contributed by atoms with Crippen LogP contribution in [0.25, 0.3) is 0 Å². The second-order valence-electron chi connectivity index (χ2n) is 4.15. The minimum Gasteiger partial charge on any atom is -0.504 e. The molecule has 0 bridgehead atoms. The van der Waals surface area contributed by atoms with Crippen LogP contribution < -0.4 is 10.2 Å². The minimum absolute atomic E-state index is 0.00302. The maximum Gasteiger partial charge on any atom is 0.254 e. The van der Waals surface area contributed by atoms with Gasteiger partial charge in [-0.05, 0) is 25.2 Å². The highest BCUT2D eigenvalue weighted by Crippen LogP contribution is 2.27. The molecule has 1 aromatic carbocycles. The Labute approximate surface area is 119 Å². The second kappa shape index (κ2) is 8.16. The zero-order valence-electron chi connectivity index (χ0n) is 12.1.